The van der Waals surface area contributed by atoms with Crippen LogP contribution in [0.1, 0.15) is 32.1 Å². The molecule has 0 aliphatic heterocycles. The molecule has 132 valence electrons. The molecule has 0 saturated heterocycles. The van der Waals surface area contributed by atoms with Crippen molar-refractivity contribution >= 4 is 16.0 Å². The minimum Gasteiger partial charge on any atom is -0.480 e. The lowest BCUT2D eigenvalue weighted by molar-refractivity contribution is -0.142. The van der Waals surface area contributed by atoms with E-state index in [1.54, 1.807) is 30.3 Å². The summed E-state index contributed by atoms with van der Waals surface area (Å²) in [5, 5.41) is 8.48. The average molecular weight is 353 g/mol. The first-order valence-electron chi connectivity index (χ1n) is 8.05. The molecule has 0 saturated carbocycles. The van der Waals surface area contributed by atoms with Gasteiger partial charge in [-0.2, -0.15) is 0 Å². The summed E-state index contributed by atoms with van der Waals surface area (Å²) < 4.78 is 32.6. The van der Waals surface area contributed by atoms with Gasteiger partial charge >= 0.3 is 5.97 Å². The zero-order valence-corrected chi connectivity index (χ0v) is 14.3. The van der Waals surface area contributed by atoms with E-state index >= 15 is 0 Å². The van der Waals surface area contributed by atoms with E-state index in [-0.39, 0.29) is 17.5 Å². The minimum absolute atomic E-state index is 0.157. The Labute approximate surface area is 142 Å². The molecule has 2 rings (SSSR count). The van der Waals surface area contributed by atoms with Crippen LogP contribution in [0.2, 0.25) is 0 Å². The molecule has 7 heteroatoms. The van der Waals surface area contributed by atoms with Crippen LogP contribution in [-0.2, 0) is 19.6 Å². The summed E-state index contributed by atoms with van der Waals surface area (Å²) in [5.41, 5.74) is 1.10. The number of rotatable bonds is 10. The van der Waals surface area contributed by atoms with Crippen LogP contribution in [-0.4, -0.2) is 38.7 Å². The summed E-state index contributed by atoms with van der Waals surface area (Å²) in [4.78, 5) is 10.6. The molecule has 1 aromatic carbocycles. The maximum absolute atomic E-state index is 12.4. The summed E-state index contributed by atoms with van der Waals surface area (Å²) in [5.74, 6) is -0.969. The highest BCUT2D eigenvalue weighted by atomic mass is 32.2. The molecule has 6 nitrogen and oxygen atoms in total. The van der Waals surface area contributed by atoms with Gasteiger partial charge in [0.2, 0.25) is 10.0 Å². The Morgan fingerprint density at radius 1 is 1.25 bits per heavy atom. The van der Waals surface area contributed by atoms with Crippen LogP contribution < -0.4 is 4.72 Å². The highest BCUT2D eigenvalue weighted by Crippen LogP contribution is 2.25. The molecule has 0 spiro atoms. The van der Waals surface area contributed by atoms with Gasteiger partial charge in [0.05, 0.1) is 4.90 Å². The minimum atomic E-state index is -3.51. The van der Waals surface area contributed by atoms with E-state index in [0.29, 0.717) is 6.61 Å². The van der Waals surface area contributed by atoms with Crippen LogP contribution in [0.4, 0.5) is 0 Å². The van der Waals surface area contributed by atoms with Gasteiger partial charge in [0, 0.05) is 12.6 Å². The van der Waals surface area contributed by atoms with Crippen molar-refractivity contribution < 1.29 is 23.1 Å². The lowest BCUT2D eigenvalue weighted by Crippen LogP contribution is -2.34. The summed E-state index contributed by atoms with van der Waals surface area (Å²) >= 11 is 0. The molecule has 24 heavy (non-hydrogen) atoms. The number of benzene rings is 1. The number of carbonyl (C=O) groups is 1. The molecule has 0 radical (unpaired) electrons. The second kappa shape index (κ2) is 8.96. The highest BCUT2D eigenvalue weighted by molar-refractivity contribution is 7.89. The van der Waals surface area contributed by atoms with Gasteiger partial charge in [-0.05, 0) is 44.2 Å². The van der Waals surface area contributed by atoms with Gasteiger partial charge in [-0.3, -0.25) is 0 Å². The van der Waals surface area contributed by atoms with Gasteiger partial charge in [-0.25, -0.2) is 17.9 Å². The molecule has 2 N–H and O–H groups in total. The van der Waals surface area contributed by atoms with Crippen molar-refractivity contribution in [3.63, 3.8) is 0 Å². The van der Waals surface area contributed by atoms with E-state index in [9.17, 15) is 13.2 Å². The summed E-state index contributed by atoms with van der Waals surface area (Å²) in [6.07, 6.45) is 6.12. The largest absolute Gasteiger partial charge is 0.480 e. The van der Waals surface area contributed by atoms with Crippen LogP contribution in [0, 0.1) is 0 Å². The van der Waals surface area contributed by atoms with E-state index in [1.807, 2.05) is 0 Å². The van der Waals surface area contributed by atoms with Crippen molar-refractivity contribution in [1.82, 2.24) is 4.72 Å². The maximum Gasteiger partial charge on any atom is 0.329 e. The van der Waals surface area contributed by atoms with Crippen molar-refractivity contribution in [3.8, 4) is 0 Å². The van der Waals surface area contributed by atoms with Gasteiger partial charge < -0.3 is 9.84 Å². The average Bonchev–Trinajstić information content (AvgIpc) is 2.98. The van der Waals surface area contributed by atoms with Crippen LogP contribution in [0.5, 0.6) is 0 Å². The Morgan fingerprint density at radius 2 is 2.00 bits per heavy atom. The van der Waals surface area contributed by atoms with Crippen molar-refractivity contribution in [2.24, 2.45) is 0 Å². The van der Waals surface area contributed by atoms with E-state index in [2.05, 4.69) is 10.8 Å². The monoisotopic (exact) mass is 353 g/mol. The fourth-order valence-corrected chi connectivity index (χ4v) is 4.02. The Morgan fingerprint density at radius 3 is 2.71 bits per heavy atom. The number of unbranched alkanes of at least 4 members (excludes halogenated alkanes) is 1. The molecular weight excluding hydrogens is 330 g/mol. The second-order valence-electron chi connectivity index (χ2n) is 5.75. The maximum atomic E-state index is 12.4. The number of ether oxygens (including phenoxy) is 1. The fraction of sp³-hybridized carbons (Fsp3) is 0.471. The van der Waals surface area contributed by atoms with E-state index in [4.69, 9.17) is 9.84 Å². The SMILES string of the molecule is O=C(O)COCCCCC1=CCC[C@@H]1NS(=O)(=O)c1ccccc1. The molecule has 0 amide bonds. The first-order valence-corrected chi connectivity index (χ1v) is 9.53. The Bertz CT molecular complexity index is 669. The van der Waals surface area contributed by atoms with Crippen molar-refractivity contribution in [2.45, 2.75) is 43.0 Å². The molecule has 0 unspecified atom stereocenters. The molecule has 1 aliphatic rings. The molecule has 1 atom stereocenters. The number of hydrogen-bond donors (Lipinski definition) is 2. The van der Waals surface area contributed by atoms with Gasteiger partial charge in [0.15, 0.2) is 0 Å². The summed E-state index contributed by atoms with van der Waals surface area (Å²) in [6.45, 7) is 0.127. The lowest BCUT2D eigenvalue weighted by atomic mass is 10.1. The number of nitrogens with one attached hydrogen (secondary N) is 1. The Hall–Kier alpha value is -1.70. The number of carboxylic acid groups (broad SMARTS) is 1. The van der Waals surface area contributed by atoms with Crippen LogP contribution >= 0.6 is 0 Å². The normalized spacial score (nSPS) is 17.7. The molecule has 0 heterocycles. The van der Waals surface area contributed by atoms with Crippen LogP contribution in [0.25, 0.3) is 0 Å². The Kier molecular flexibility index (Phi) is 6.96. The van der Waals surface area contributed by atoms with E-state index in [1.165, 1.54) is 0 Å². The number of aliphatic carboxylic acids is 1. The first kappa shape index (κ1) is 18.6. The molecule has 0 bridgehead atoms. The number of hydrogen-bond acceptors (Lipinski definition) is 4. The van der Waals surface area contributed by atoms with Crippen molar-refractivity contribution in [2.75, 3.05) is 13.2 Å². The Balaban J connectivity index is 1.79. The van der Waals surface area contributed by atoms with E-state index in [0.717, 1.165) is 37.7 Å². The zero-order chi connectivity index (χ0) is 17.4. The van der Waals surface area contributed by atoms with Gasteiger partial charge in [-0.1, -0.05) is 29.8 Å². The molecule has 1 aromatic rings. The molecular formula is C17H23NO5S. The second-order valence-corrected chi connectivity index (χ2v) is 7.46. The van der Waals surface area contributed by atoms with Gasteiger partial charge in [-0.15, -0.1) is 0 Å². The van der Waals surface area contributed by atoms with Gasteiger partial charge in [0.25, 0.3) is 0 Å². The first-order chi connectivity index (χ1) is 11.5. The molecule has 0 aromatic heterocycles. The zero-order valence-electron chi connectivity index (χ0n) is 13.5. The lowest BCUT2D eigenvalue weighted by Gasteiger charge is -2.17. The molecule has 0 fully saturated rings. The van der Waals surface area contributed by atoms with E-state index < -0.39 is 16.0 Å². The predicted molar refractivity (Wildman–Crippen MR) is 90.2 cm³/mol. The molecule has 1 aliphatic carbocycles. The van der Waals surface area contributed by atoms with Gasteiger partial charge in [0.1, 0.15) is 6.61 Å². The standard InChI is InChI=1S/C17H23NO5S/c19-17(20)13-23-12-5-4-7-14-8-6-11-16(14)18-24(21,22)15-9-2-1-3-10-15/h1-3,8-10,16,18H,4-7,11-13H2,(H,19,20)/t16-/m0/s1. The van der Waals surface area contributed by atoms with Crippen molar-refractivity contribution in [1.29, 1.82) is 0 Å². The number of carboxylic acids is 1. The quantitative estimate of drug-likeness (QED) is 0.497. The third kappa shape index (κ3) is 5.74. The van der Waals surface area contributed by atoms with Crippen LogP contribution in [0.3, 0.4) is 0 Å². The topological polar surface area (TPSA) is 92.7 Å². The summed E-state index contributed by atoms with van der Waals surface area (Å²) in [6, 6.07) is 8.21. The fourth-order valence-electron chi connectivity index (χ4n) is 2.72. The summed E-state index contributed by atoms with van der Waals surface area (Å²) in [7, 11) is -3.51. The third-order valence-electron chi connectivity index (χ3n) is 3.89. The number of sulfonamides is 1. The highest BCUT2D eigenvalue weighted by Gasteiger charge is 2.25. The van der Waals surface area contributed by atoms with Crippen molar-refractivity contribution in [3.05, 3.63) is 42.0 Å². The van der Waals surface area contributed by atoms with Crippen LogP contribution in [0.15, 0.2) is 46.9 Å². The number of allylic oxidation sites excluding steroid dienone is 1. The third-order valence-corrected chi connectivity index (χ3v) is 5.38. The predicted octanol–water partition coefficient (Wildman–Crippen LogP) is 2.33. The smallest absolute Gasteiger partial charge is 0.329 e.